The van der Waals surface area contributed by atoms with Gasteiger partial charge in [-0.1, -0.05) is 0 Å². The predicted octanol–water partition coefficient (Wildman–Crippen LogP) is -0.849. The Morgan fingerprint density at radius 1 is 1.50 bits per heavy atom. The van der Waals surface area contributed by atoms with Gasteiger partial charge in [-0.15, -0.1) is 11.3 Å². The molecule has 0 aliphatic rings. The lowest BCUT2D eigenvalue weighted by molar-refractivity contribution is 0.100. The highest BCUT2D eigenvalue weighted by Crippen LogP contribution is 2.25. The number of nitrogens with one attached hydrogen (secondary N) is 1. The lowest BCUT2D eigenvalue weighted by Crippen LogP contribution is -2.35. The van der Waals surface area contributed by atoms with Gasteiger partial charge in [0.15, 0.2) is 0 Å². The minimum atomic E-state index is -0.636. The van der Waals surface area contributed by atoms with Crippen LogP contribution in [0.4, 0.5) is 0 Å². The van der Waals surface area contributed by atoms with Crippen LogP contribution in [-0.4, -0.2) is 27.2 Å². The van der Waals surface area contributed by atoms with Crippen molar-refractivity contribution in [3.63, 3.8) is 0 Å². The molecule has 2 aromatic rings. The largest absolute Gasteiger partial charge is 0.395 e. The lowest BCUT2D eigenvalue weighted by Gasteiger charge is -2.01. The van der Waals surface area contributed by atoms with Crippen LogP contribution in [-0.2, 0) is 6.54 Å². The van der Waals surface area contributed by atoms with Crippen LogP contribution in [0.1, 0.15) is 15.2 Å². The first kappa shape index (κ1) is 12.5. The smallest absolute Gasteiger partial charge is 0.329 e. The van der Waals surface area contributed by atoms with E-state index in [1.54, 1.807) is 6.92 Å². The van der Waals surface area contributed by atoms with Crippen LogP contribution < -0.4 is 17.0 Å². The molecule has 0 aliphatic heterocycles. The maximum absolute atomic E-state index is 12.1. The van der Waals surface area contributed by atoms with Gasteiger partial charge < -0.3 is 10.8 Å². The first-order valence-electron chi connectivity index (χ1n) is 5.14. The zero-order valence-electron chi connectivity index (χ0n) is 9.52. The predicted molar refractivity (Wildman–Crippen MR) is 67.0 cm³/mol. The SMILES string of the molecule is Cc1c(C(N)=O)sc2[nH]c(=O)n(CCO)c(=O)c12. The number of primary amides is 1. The standard InChI is InChI=1S/C10H11N3O4S/c1-4-5-8(18-6(4)7(11)15)12-10(17)13(2-3-14)9(5)16/h14H,2-3H2,1H3,(H2,11,15)(H,12,17). The number of hydrogen-bond acceptors (Lipinski definition) is 5. The highest BCUT2D eigenvalue weighted by Gasteiger charge is 2.18. The summed E-state index contributed by atoms with van der Waals surface area (Å²) in [6.07, 6.45) is 0. The topological polar surface area (TPSA) is 118 Å². The van der Waals surface area contributed by atoms with E-state index in [4.69, 9.17) is 10.8 Å². The lowest BCUT2D eigenvalue weighted by atomic mass is 10.2. The number of aliphatic hydroxyl groups excluding tert-OH is 1. The fourth-order valence-corrected chi connectivity index (χ4v) is 2.83. The number of thiophene rings is 1. The number of nitrogens with two attached hydrogens (primary N) is 1. The van der Waals surface area contributed by atoms with Gasteiger partial charge in [0.25, 0.3) is 11.5 Å². The number of carbonyl (C=O) groups excluding carboxylic acids is 1. The molecule has 8 heteroatoms. The third-order valence-corrected chi connectivity index (χ3v) is 3.84. The molecule has 2 heterocycles. The number of rotatable bonds is 3. The van der Waals surface area contributed by atoms with Crippen molar-refractivity contribution in [3.05, 3.63) is 31.3 Å². The summed E-state index contributed by atoms with van der Waals surface area (Å²) in [5.41, 5.74) is 4.51. The zero-order valence-corrected chi connectivity index (χ0v) is 10.3. The average molecular weight is 269 g/mol. The number of carbonyl (C=O) groups is 1. The van der Waals surface area contributed by atoms with E-state index in [1.807, 2.05) is 0 Å². The molecular formula is C10H11N3O4S. The Morgan fingerprint density at radius 2 is 2.17 bits per heavy atom. The number of amides is 1. The number of aliphatic hydroxyl groups is 1. The molecule has 2 rings (SSSR count). The third-order valence-electron chi connectivity index (χ3n) is 2.62. The molecule has 0 bridgehead atoms. The fraction of sp³-hybridized carbons (Fsp3) is 0.300. The maximum Gasteiger partial charge on any atom is 0.329 e. The summed E-state index contributed by atoms with van der Waals surface area (Å²) >= 11 is 0.981. The van der Waals surface area contributed by atoms with Crippen LogP contribution >= 0.6 is 11.3 Å². The molecule has 2 aromatic heterocycles. The van der Waals surface area contributed by atoms with Crippen LogP contribution in [0.25, 0.3) is 10.2 Å². The quantitative estimate of drug-likeness (QED) is 0.672. The molecule has 0 aromatic carbocycles. The molecule has 1 amide bonds. The minimum Gasteiger partial charge on any atom is -0.395 e. The van der Waals surface area contributed by atoms with Gasteiger partial charge in [0, 0.05) is 0 Å². The summed E-state index contributed by atoms with van der Waals surface area (Å²) in [5.74, 6) is -0.636. The number of aryl methyl sites for hydroxylation is 1. The van der Waals surface area contributed by atoms with Gasteiger partial charge in [0.1, 0.15) is 4.83 Å². The first-order valence-corrected chi connectivity index (χ1v) is 5.96. The highest BCUT2D eigenvalue weighted by atomic mass is 32.1. The Balaban J connectivity index is 2.89. The van der Waals surface area contributed by atoms with Crippen molar-refractivity contribution in [3.8, 4) is 0 Å². The van der Waals surface area contributed by atoms with Crippen LogP contribution in [0.5, 0.6) is 0 Å². The van der Waals surface area contributed by atoms with Crippen LogP contribution in [0.3, 0.4) is 0 Å². The summed E-state index contributed by atoms with van der Waals surface area (Å²) in [6.45, 7) is 1.19. The van der Waals surface area contributed by atoms with Crippen molar-refractivity contribution in [2.24, 2.45) is 5.73 Å². The number of aromatic amines is 1. The van der Waals surface area contributed by atoms with Crippen molar-refractivity contribution in [1.29, 1.82) is 0 Å². The van der Waals surface area contributed by atoms with Gasteiger partial charge in [-0.25, -0.2) is 4.79 Å². The van der Waals surface area contributed by atoms with Crippen LogP contribution in [0.2, 0.25) is 0 Å². The molecule has 0 unspecified atom stereocenters. The van der Waals surface area contributed by atoms with Gasteiger partial charge in [-0.05, 0) is 12.5 Å². The van der Waals surface area contributed by atoms with Crippen molar-refractivity contribution < 1.29 is 9.90 Å². The Kier molecular flexibility index (Phi) is 3.05. The summed E-state index contributed by atoms with van der Waals surface area (Å²) in [4.78, 5) is 38.0. The molecule has 0 aliphatic carbocycles. The fourth-order valence-electron chi connectivity index (χ4n) is 1.79. The Hall–Kier alpha value is -1.93. The van der Waals surface area contributed by atoms with Gasteiger partial charge in [0.2, 0.25) is 0 Å². The van der Waals surface area contributed by atoms with E-state index in [-0.39, 0.29) is 23.4 Å². The number of fused-ring (bicyclic) bond motifs is 1. The maximum atomic E-state index is 12.1. The minimum absolute atomic E-state index is 0.0920. The summed E-state index contributed by atoms with van der Waals surface area (Å²) in [7, 11) is 0. The van der Waals surface area contributed by atoms with E-state index in [1.165, 1.54) is 0 Å². The van der Waals surface area contributed by atoms with Crippen LogP contribution in [0, 0.1) is 6.92 Å². The first-order chi connectivity index (χ1) is 8.47. The zero-order chi connectivity index (χ0) is 13.4. The second-order valence-corrected chi connectivity index (χ2v) is 4.76. The van der Waals surface area contributed by atoms with Crippen molar-refractivity contribution in [1.82, 2.24) is 9.55 Å². The van der Waals surface area contributed by atoms with E-state index in [2.05, 4.69) is 4.98 Å². The third kappa shape index (κ3) is 1.75. The molecule has 0 fully saturated rings. The van der Waals surface area contributed by atoms with E-state index in [0.29, 0.717) is 10.4 Å². The highest BCUT2D eigenvalue weighted by molar-refractivity contribution is 7.20. The molecule has 7 nitrogen and oxygen atoms in total. The summed E-state index contributed by atoms with van der Waals surface area (Å²) < 4.78 is 0.896. The molecule has 0 spiro atoms. The second-order valence-electron chi connectivity index (χ2n) is 3.74. The van der Waals surface area contributed by atoms with Gasteiger partial charge in [-0.3, -0.25) is 19.1 Å². The normalized spacial score (nSPS) is 11.0. The molecule has 0 saturated carbocycles. The number of nitrogens with zero attached hydrogens (tertiary/aromatic N) is 1. The Bertz CT molecular complexity index is 740. The average Bonchev–Trinajstić information content (AvgIpc) is 2.62. The van der Waals surface area contributed by atoms with E-state index < -0.39 is 17.2 Å². The molecule has 4 N–H and O–H groups in total. The number of H-pyrrole nitrogens is 1. The van der Waals surface area contributed by atoms with Crippen molar-refractivity contribution >= 4 is 27.5 Å². The number of aromatic nitrogens is 2. The molecule has 0 atom stereocenters. The van der Waals surface area contributed by atoms with Gasteiger partial charge in [-0.2, -0.15) is 0 Å². The molecule has 0 saturated heterocycles. The van der Waals surface area contributed by atoms with E-state index in [0.717, 1.165) is 15.9 Å². The van der Waals surface area contributed by atoms with Crippen LogP contribution in [0.15, 0.2) is 9.59 Å². The van der Waals surface area contributed by atoms with E-state index in [9.17, 15) is 14.4 Å². The summed E-state index contributed by atoms with van der Waals surface area (Å²) in [6, 6.07) is 0. The number of hydrogen-bond donors (Lipinski definition) is 3. The van der Waals surface area contributed by atoms with Gasteiger partial charge >= 0.3 is 5.69 Å². The Morgan fingerprint density at radius 3 is 2.72 bits per heavy atom. The molecule has 18 heavy (non-hydrogen) atoms. The summed E-state index contributed by atoms with van der Waals surface area (Å²) in [5, 5.41) is 9.08. The monoisotopic (exact) mass is 269 g/mol. The van der Waals surface area contributed by atoms with E-state index >= 15 is 0 Å². The Labute approximate surface area is 104 Å². The van der Waals surface area contributed by atoms with Crippen molar-refractivity contribution in [2.45, 2.75) is 13.5 Å². The second kappa shape index (κ2) is 4.39. The molecule has 0 radical (unpaired) electrons. The van der Waals surface area contributed by atoms with Gasteiger partial charge in [0.05, 0.1) is 23.4 Å². The molecule has 96 valence electrons. The van der Waals surface area contributed by atoms with Crippen molar-refractivity contribution in [2.75, 3.05) is 6.61 Å². The molecular weight excluding hydrogens is 258 g/mol.